The second kappa shape index (κ2) is 11.6. The zero-order valence-electron chi connectivity index (χ0n) is 24.7. The van der Waals surface area contributed by atoms with Gasteiger partial charge in [0.25, 0.3) is 5.91 Å². The molecule has 1 aliphatic carbocycles. The zero-order chi connectivity index (χ0) is 31.0. The highest BCUT2D eigenvalue weighted by atomic mass is 19.4. The molecule has 5 atom stereocenters. The summed E-state index contributed by atoms with van der Waals surface area (Å²) in [4.78, 5) is 66.2. The van der Waals surface area contributed by atoms with Crippen molar-refractivity contribution in [2.45, 2.75) is 105 Å². The van der Waals surface area contributed by atoms with Crippen LogP contribution in [0.4, 0.5) is 18.0 Å². The number of alkyl carbamates (subject to hydrolysis) is 1. The molecule has 0 bridgehead atoms. The summed E-state index contributed by atoms with van der Waals surface area (Å²) in [5, 5.41) is 6.71. The molecule has 4 amide bonds. The number of piperidine rings is 1. The molecule has 2 aliphatic rings. The number of nitrogens with one attached hydrogen (secondary N) is 3. The third kappa shape index (κ3) is 8.09. The summed E-state index contributed by atoms with van der Waals surface area (Å²) in [5.41, 5.74) is -1.83. The highest BCUT2D eigenvalue weighted by molar-refractivity contribution is 6.38. The molecule has 1 saturated heterocycles. The van der Waals surface area contributed by atoms with Gasteiger partial charge in [0.1, 0.15) is 24.2 Å². The molecule has 0 aromatic heterocycles. The van der Waals surface area contributed by atoms with Crippen molar-refractivity contribution in [1.82, 2.24) is 20.9 Å². The predicted octanol–water partition coefficient (Wildman–Crippen LogP) is 2.94. The minimum atomic E-state index is -4.70. The third-order valence-electron chi connectivity index (χ3n) is 7.42. The van der Waals surface area contributed by atoms with Crippen molar-refractivity contribution in [3.05, 3.63) is 0 Å². The number of hydrogen-bond acceptors (Lipinski definition) is 6. The van der Waals surface area contributed by atoms with Crippen LogP contribution >= 0.6 is 0 Å². The Balaban J connectivity index is 2.29. The number of fused-ring (bicyclic) bond motifs is 1. The first-order chi connectivity index (χ1) is 18.0. The minimum absolute atomic E-state index is 0.00949. The van der Waals surface area contributed by atoms with Crippen molar-refractivity contribution in [2.24, 2.45) is 22.7 Å². The average Bonchev–Trinajstić information content (AvgIpc) is 3.12. The van der Waals surface area contributed by atoms with Gasteiger partial charge in [0, 0.05) is 6.54 Å². The molecule has 1 unspecified atom stereocenters. The molecule has 0 aromatic carbocycles. The van der Waals surface area contributed by atoms with Crippen LogP contribution in [0.1, 0.15) is 75.2 Å². The third-order valence-corrected chi connectivity index (χ3v) is 7.42. The fraction of sp³-hybridized carbons (Fsp3) is 0.815. The second-order valence-electron chi connectivity index (χ2n) is 13.3. The molecule has 1 saturated carbocycles. The second-order valence-corrected chi connectivity index (χ2v) is 13.3. The number of carbonyl (C=O) groups excluding carboxylic acids is 5. The molecule has 2 fully saturated rings. The van der Waals surface area contributed by atoms with Crippen molar-refractivity contribution in [3.63, 3.8) is 0 Å². The number of ether oxygens (including phenoxy) is 1. The van der Waals surface area contributed by atoms with Gasteiger partial charge >= 0.3 is 12.3 Å². The molecule has 2 rings (SSSR count). The maximum absolute atomic E-state index is 13.9. The first kappa shape index (κ1) is 33.3. The quantitative estimate of drug-likeness (QED) is 0.362. The van der Waals surface area contributed by atoms with Gasteiger partial charge in [0.2, 0.25) is 17.6 Å². The van der Waals surface area contributed by atoms with Crippen LogP contribution < -0.4 is 16.0 Å². The van der Waals surface area contributed by atoms with Gasteiger partial charge in [-0.15, -0.1) is 0 Å². The van der Waals surface area contributed by atoms with Crippen LogP contribution in [0.2, 0.25) is 0 Å². The lowest BCUT2D eigenvalue weighted by atomic mass is 9.85. The normalized spacial score (nSPS) is 23.4. The molecule has 10 nitrogen and oxygen atoms in total. The van der Waals surface area contributed by atoms with E-state index in [2.05, 4.69) is 10.6 Å². The number of hydrogen-bond donors (Lipinski definition) is 3. The van der Waals surface area contributed by atoms with Crippen molar-refractivity contribution in [1.29, 1.82) is 0 Å². The van der Waals surface area contributed by atoms with E-state index < -0.39 is 71.5 Å². The number of likely N-dealkylation sites (tertiary alicyclic amines) is 1. The Hall–Kier alpha value is -2.86. The largest absolute Gasteiger partial charge is 0.444 e. The van der Waals surface area contributed by atoms with Crippen molar-refractivity contribution in [3.8, 4) is 0 Å². The Labute approximate surface area is 233 Å². The monoisotopic (exact) mass is 576 g/mol. The number of halogens is 3. The number of amides is 4. The topological polar surface area (TPSA) is 134 Å². The van der Waals surface area contributed by atoms with Crippen molar-refractivity contribution < 1.29 is 41.9 Å². The van der Waals surface area contributed by atoms with Gasteiger partial charge < -0.3 is 25.6 Å². The van der Waals surface area contributed by atoms with Gasteiger partial charge in [-0.3, -0.25) is 19.2 Å². The van der Waals surface area contributed by atoms with Crippen LogP contribution in [-0.2, 0) is 23.9 Å². The van der Waals surface area contributed by atoms with E-state index in [1.807, 2.05) is 13.8 Å². The van der Waals surface area contributed by atoms with E-state index in [9.17, 15) is 37.1 Å². The highest BCUT2D eigenvalue weighted by Gasteiger charge is 2.70. The average molecular weight is 577 g/mol. The number of rotatable bonds is 9. The molecule has 1 aliphatic heterocycles. The molecule has 228 valence electrons. The standard InChI is InChI=1S/C27H43F3N4O6/c1-10-11-15(18(35)21(37)31-13-27(28,29)30)32-20(36)17-16-14(26(16,8)9)12-34(17)22(38)19(24(2,3)4)33-23(39)40-25(5,6)7/h14-17,19H,10-13H2,1-9H3,(H,31,37)(H,32,36)(H,33,39)/t14-,15?,16-,17-,19+/m0/s1. The highest BCUT2D eigenvalue weighted by Crippen LogP contribution is 2.65. The molecule has 1 heterocycles. The molecule has 0 radical (unpaired) electrons. The van der Waals surface area contributed by atoms with Gasteiger partial charge in [0.05, 0.1) is 6.04 Å². The summed E-state index contributed by atoms with van der Waals surface area (Å²) in [6, 6.07) is -3.40. The Morgan fingerprint density at radius 3 is 2.05 bits per heavy atom. The van der Waals surface area contributed by atoms with E-state index >= 15 is 0 Å². The molecule has 40 heavy (non-hydrogen) atoms. The summed E-state index contributed by atoms with van der Waals surface area (Å²) in [6.07, 6.45) is -5.11. The molecular formula is C27H43F3N4O6. The predicted molar refractivity (Wildman–Crippen MR) is 140 cm³/mol. The summed E-state index contributed by atoms with van der Waals surface area (Å²) in [7, 11) is 0. The summed E-state index contributed by atoms with van der Waals surface area (Å²) in [5.74, 6) is -4.06. The lowest BCUT2D eigenvalue weighted by Crippen LogP contribution is -2.60. The van der Waals surface area contributed by atoms with E-state index in [1.54, 1.807) is 53.8 Å². The fourth-order valence-corrected chi connectivity index (χ4v) is 5.29. The molecule has 3 N–H and O–H groups in total. The molecule has 0 aromatic rings. The van der Waals surface area contributed by atoms with Crippen LogP contribution in [-0.4, -0.2) is 77.5 Å². The lowest BCUT2D eigenvalue weighted by Gasteiger charge is -2.38. The molecular weight excluding hydrogens is 533 g/mol. The van der Waals surface area contributed by atoms with E-state index in [1.165, 1.54) is 4.90 Å². The fourth-order valence-electron chi connectivity index (χ4n) is 5.29. The van der Waals surface area contributed by atoms with Crippen LogP contribution in [0.25, 0.3) is 0 Å². The smallest absolute Gasteiger partial charge is 0.408 e. The summed E-state index contributed by atoms with van der Waals surface area (Å²) in [6.45, 7) is 14.5. The lowest BCUT2D eigenvalue weighted by molar-refractivity contribution is -0.148. The van der Waals surface area contributed by atoms with Gasteiger partial charge in [-0.1, -0.05) is 48.0 Å². The van der Waals surface area contributed by atoms with Crippen molar-refractivity contribution in [2.75, 3.05) is 13.1 Å². The first-order valence-corrected chi connectivity index (χ1v) is 13.5. The van der Waals surface area contributed by atoms with E-state index in [0.717, 1.165) is 0 Å². The maximum atomic E-state index is 13.9. The van der Waals surface area contributed by atoms with Gasteiger partial charge in [-0.05, 0) is 49.9 Å². The number of Topliss-reactive ketones (excluding diaryl/α,β-unsaturated/α-hetero) is 1. The van der Waals surface area contributed by atoms with E-state index in [4.69, 9.17) is 4.74 Å². The van der Waals surface area contributed by atoms with Gasteiger partial charge in [0.15, 0.2) is 0 Å². The number of ketones is 1. The Morgan fingerprint density at radius 2 is 1.57 bits per heavy atom. The minimum Gasteiger partial charge on any atom is -0.444 e. The number of alkyl halides is 3. The summed E-state index contributed by atoms with van der Waals surface area (Å²) < 4.78 is 42.9. The van der Waals surface area contributed by atoms with Crippen LogP contribution in [0.15, 0.2) is 0 Å². The SMILES string of the molecule is CCCC(NC(=O)[C@@H]1[C@@H]2[C@H](CN1C(=O)[C@@H](NC(=O)OC(C)(C)C)C(C)(C)C)C2(C)C)C(=O)C(=O)NCC(F)(F)F. The van der Waals surface area contributed by atoms with Gasteiger partial charge in [-0.25, -0.2) is 4.79 Å². The van der Waals surface area contributed by atoms with Gasteiger partial charge in [-0.2, -0.15) is 13.2 Å². The number of nitrogens with zero attached hydrogens (tertiary/aromatic N) is 1. The maximum Gasteiger partial charge on any atom is 0.408 e. The van der Waals surface area contributed by atoms with E-state index in [-0.39, 0.29) is 30.2 Å². The summed E-state index contributed by atoms with van der Waals surface area (Å²) >= 11 is 0. The Morgan fingerprint density at radius 1 is 1.00 bits per heavy atom. The Kier molecular flexibility index (Phi) is 9.63. The van der Waals surface area contributed by atoms with Crippen LogP contribution in [0.5, 0.6) is 0 Å². The van der Waals surface area contributed by atoms with Crippen LogP contribution in [0, 0.1) is 22.7 Å². The van der Waals surface area contributed by atoms with Crippen molar-refractivity contribution >= 4 is 29.6 Å². The zero-order valence-corrected chi connectivity index (χ0v) is 24.7. The Bertz CT molecular complexity index is 1020. The van der Waals surface area contributed by atoms with E-state index in [0.29, 0.717) is 6.42 Å². The number of carbonyl (C=O) groups is 5. The molecule has 13 heteroatoms. The molecule has 0 spiro atoms. The first-order valence-electron chi connectivity index (χ1n) is 13.5. The van der Waals surface area contributed by atoms with Crippen LogP contribution in [0.3, 0.4) is 0 Å².